The van der Waals surface area contributed by atoms with Gasteiger partial charge in [0.1, 0.15) is 0 Å². The second-order valence-electron chi connectivity index (χ2n) is 5.36. The molecule has 0 aliphatic carbocycles. The van der Waals surface area contributed by atoms with Crippen molar-refractivity contribution in [3.05, 3.63) is 70.4 Å². The van der Waals surface area contributed by atoms with Gasteiger partial charge in [-0.25, -0.2) is 0 Å². The highest BCUT2D eigenvalue weighted by Crippen LogP contribution is 2.28. The summed E-state index contributed by atoms with van der Waals surface area (Å²) in [5.41, 5.74) is 9.17. The van der Waals surface area contributed by atoms with Crippen LogP contribution in [-0.2, 0) is 13.0 Å². The molecule has 0 atom stereocenters. The predicted octanol–water partition coefficient (Wildman–Crippen LogP) is 3.44. The van der Waals surface area contributed by atoms with Gasteiger partial charge in [0.25, 0.3) is 0 Å². The molecule has 0 saturated heterocycles. The van der Waals surface area contributed by atoms with E-state index in [1.165, 1.54) is 22.2 Å². The Hall–Kier alpha value is -1.77. The second-order valence-corrected chi connectivity index (χ2v) is 5.77. The predicted molar refractivity (Wildman–Crippen MR) is 88.7 cm³/mol. The van der Waals surface area contributed by atoms with Crippen LogP contribution >= 0.6 is 11.6 Å². The fourth-order valence-electron chi connectivity index (χ4n) is 3.00. The molecule has 0 aliphatic rings. The number of nitrogens with zero attached hydrogens (tertiary/aromatic N) is 1. The fraction of sp³-hybridized carbons (Fsp3) is 0.222. The largest absolute Gasteiger partial charge is 0.357 e. The van der Waals surface area contributed by atoms with Crippen LogP contribution in [0.2, 0.25) is 5.02 Å². The van der Waals surface area contributed by atoms with Crippen molar-refractivity contribution in [1.82, 2.24) is 4.57 Å². The molecule has 0 aliphatic heterocycles. The zero-order valence-electron chi connectivity index (χ0n) is 12.3. The minimum absolute atomic E-state index is 0.809. The van der Waals surface area contributed by atoms with E-state index in [4.69, 9.17) is 11.6 Å². The zero-order chi connectivity index (χ0) is 14.8. The Kier molecular flexibility index (Phi) is 4.00. The van der Waals surface area contributed by atoms with Crippen molar-refractivity contribution < 1.29 is 5.73 Å². The van der Waals surface area contributed by atoms with Crippen molar-refractivity contribution in [2.75, 3.05) is 6.54 Å². The summed E-state index contributed by atoms with van der Waals surface area (Å²) < 4.78 is 2.36. The van der Waals surface area contributed by atoms with Gasteiger partial charge in [-0.1, -0.05) is 48.0 Å². The summed E-state index contributed by atoms with van der Waals surface area (Å²) >= 11 is 6.32. The van der Waals surface area contributed by atoms with Crippen LogP contribution in [0.4, 0.5) is 0 Å². The van der Waals surface area contributed by atoms with Crippen LogP contribution in [0.25, 0.3) is 10.9 Å². The van der Waals surface area contributed by atoms with Gasteiger partial charge in [-0.05, 0) is 30.2 Å². The number of hydrogen-bond donors (Lipinski definition) is 1. The molecule has 3 N–H and O–H groups in total. The first-order valence-electron chi connectivity index (χ1n) is 7.31. The van der Waals surface area contributed by atoms with Gasteiger partial charge in [-0.3, -0.25) is 0 Å². The van der Waals surface area contributed by atoms with Crippen LogP contribution in [0.1, 0.15) is 16.8 Å². The standard InChI is InChI=1S/C18H19ClN2/c1-13-15(10-11-20)16-7-3-5-9-18(16)21(13)12-14-6-2-4-8-17(14)19/h2-9H,10-12,20H2,1H3/p+1. The van der Waals surface area contributed by atoms with E-state index in [0.29, 0.717) is 0 Å². The lowest BCUT2D eigenvalue weighted by Crippen LogP contribution is -2.51. The summed E-state index contributed by atoms with van der Waals surface area (Å²) in [4.78, 5) is 0. The molecular formula is C18H20ClN2+. The molecule has 0 saturated carbocycles. The van der Waals surface area contributed by atoms with Crippen molar-refractivity contribution in [3.8, 4) is 0 Å². The van der Waals surface area contributed by atoms with Crippen molar-refractivity contribution in [1.29, 1.82) is 0 Å². The molecule has 0 spiro atoms. The van der Waals surface area contributed by atoms with Gasteiger partial charge < -0.3 is 10.3 Å². The summed E-state index contributed by atoms with van der Waals surface area (Å²) in [7, 11) is 0. The highest BCUT2D eigenvalue weighted by molar-refractivity contribution is 6.31. The molecule has 0 fully saturated rings. The molecule has 1 aromatic heterocycles. The third-order valence-corrected chi connectivity index (χ3v) is 4.44. The molecule has 1 heterocycles. The van der Waals surface area contributed by atoms with E-state index in [1.54, 1.807) is 0 Å². The molecule has 0 amide bonds. The van der Waals surface area contributed by atoms with E-state index in [9.17, 15) is 0 Å². The minimum atomic E-state index is 0.809. The first-order chi connectivity index (χ1) is 10.2. The Balaban J connectivity index is 2.14. The quantitative estimate of drug-likeness (QED) is 0.765. The Morgan fingerprint density at radius 2 is 1.76 bits per heavy atom. The maximum atomic E-state index is 6.32. The SMILES string of the molecule is Cc1c(CC[NH3+])c2ccccc2n1Cc1ccccc1Cl. The van der Waals surface area contributed by atoms with Gasteiger partial charge >= 0.3 is 0 Å². The van der Waals surface area contributed by atoms with Crippen LogP contribution in [0.3, 0.4) is 0 Å². The van der Waals surface area contributed by atoms with Crippen LogP contribution in [0, 0.1) is 6.92 Å². The molecule has 0 radical (unpaired) electrons. The average molecular weight is 300 g/mol. The Bertz CT molecular complexity index is 774. The van der Waals surface area contributed by atoms with Gasteiger partial charge in [0.2, 0.25) is 0 Å². The number of rotatable bonds is 4. The highest BCUT2D eigenvalue weighted by Gasteiger charge is 2.14. The van der Waals surface area contributed by atoms with Crippen LogP contribution in [0.15, 0.2) is 48.5 Å². The number of aromatic nitrogens is 1. The van der Waals surface area contributed by atoms with Gasteiger partial charge in [-0.15, -0.1) is 0 Å². The first-order valence-corrected chi connectivity index (χ1v) is 7.69. The van der Waals surface area contributed by atoms with Crippen molar-refractivity contribution in [2.45, 2.75) is 19.9 Å². The molecule has 3 rings (SSSR count). The Morgan fingerprint density at radius 1 is 1.05 bits per heavy atom. The Labute approximate surface area is 130 Å². The molecule has 2 nitrogen and oxygen atoms in total. The zero-order valence-corrected chi connectivity index (χ0v) is 13.0. The molecular weight excluding hydrogens is 280 g/mol. The topological polar surface area (TPSA) is 32.6 Å². The minimum Gasteiger partial charge on any atom is -0.357 e. The van der Waals surface area contributed by atoms with E-state index in [1.807, 2.05) is 18.2 Å². The van der Waals surface area contributed by atoms with Crippen LogP contribution in [0.5, 0.6) is 0 Å². The summed E-state index contributed by atoms with van der Waals surface area (Å²) in [5.74, 6) is 0. The maximum absolute atomic E-state index is 6.32. The number of benzene rings is 2. The lowest BCUT2D eigenvalue weighted by molar-refractivity contribution is -0.366. The second kappa shape index (κ2) is 5.92. The number of fused-ring (bicyclic) bond motifs is 1. The molecule has 0 bridgehead atoms. The third kappa shape index (κ3) is 2.57. The first kappa shape index (κ1) is 14.2. The van der Waals surface area contributed by atoms with Gasteiger partial charge in [0, 0.05) is 34.6 Å². The number of para-hydroxylation sites is 1. The smallest absolute Gasteiger partial charge is 0.0781 e. The van der Waals surface area contributed by atoms with E-state index in [0.717, 1.165) is 30.1 Å². The van der Waals surface area contributed by atoms with Crippen molar-refractivity contribution in [3.63, 3.8) is 0 Å². The van der Waals surface area contributed by atoms with Crippen molar-refractivity contribution in [2.24, 2.45) is 0 Å². The monoisotopic (exact) mass is 299 g/mol. The van der Waals surface area contributed by atoms with Crippen LogP contribution in [-0.4, -0.2) is 11.1 Å². The summed E-state index contributed by atoms with van der Waals surface area (Å²) in [6.07, 6.45) is 1.02. The summed E-state index contributed by atoms with van der Waals surface area (Å²) in [5, 5.41) is 2.17. The number of halogens is 1. The van der Waals surface area contributed by atoms with Crippen molar-refractivity contribution >= 4 is 22.5 Å². The summed E-state index contributed by atoms with van der Waals surface area (Å²) in [6, 6.07) is 16.7. The van der Waals surface area contributed by atoms with E-state index < -0.39 is 0 Å². The van der Waals surface area contributed by atoms with Gasteiger partial charge in [0.15, 0.2) is 0 Å². The van der Waals surface area contributed by atoms with Crippen LogP contribution < -0.4 is 5.73 Å². The highest BCUT2D eigenvalue weighted by atomic mass is 35.5. The maximum Gasteiger partial charge on any atom is 0.0781 e. The molecule has 3 aromatic rings. The molecule has 108 valence electrons. The van der Waals surface area contributed by atoms with E-state index in [-0.39, 0.29) is 0 Å². The molecule has 2 aromatic carbocycles. The summed E-state index contributed by atoms with van der Waals surface area (Å²) in [6.45, 7) is 3.92. The van der Waals surface area contributed by atoms with E-state index >= 15 is 0 Å². The normalized spacial score (nSPS) is 11.2. The van der Waals surface area contributed by atoms with Gasteiger partial charge in [-0.2, -0.15) is 0 Å². The molecule has 21 heavy (non-hydrogen) atoms. The Morgan fingerprint density at radius 3 is 2.52 bits per heavy atom. The molecule has 3 heteroatoms. The van der Waals surface area contributed by atoms with Gasteiger partial charge in [0.05, 0.1) is 6.54 Å². The number of quaternary nitrogens is 1. The van der Waals surface area contributed by atoms with E-state index in [2.05, 4.69) is 47.6 Å². The average Bonchev–Trinajstić information content (AvgIpc) is 2.76. The lowest BCUT2D eigenvalue weighted by Gasteiger charge is -2.10. The fourth-order valence-corrected chi connectivity index (χ4v) is 3.19. The lowest BCUT2D eigenvalue weighted by atomic mass is 10.1. The molecule has 0 unspecified atom stereocenters. The number of hydrogen-bond acceptors (Lipinski definition) is 0. The third-order valence-electron chi connectivity index (χ3n) is 4.07.